The van der Waals surface area contributed by atoms with Gasteiger partial charge in [-0.15, -0.1) is 5.10 Å². The Bertz CT molecular complexity index is 1140. The Balaban J connectivity index is 1.84. The second-order valence-electron chi connectivity index (χ2n) is 6.18. The summed E-state index contributed by atoms with van der Waals surface area (Å²) in [6.45, 7) is 1.19. The molecule has 4 rings (SSSR count). The fourth-order valence-corrected chi connectivity index (χ4v) is 2.98. The Hall–Kier alpha value is -3.59. The van der Waals surface area contributed by atoms with Gasteiger partial charge in [0.1, 0.15) is 5.82 Å². The maximum absolute atomic E-state index is 9.74. The van der Waals surface area contributed by atoms with Crippen LogP contribution in [0, 0.1) is 0 Å². The highest BCUT2D eigenvalue weighted by molar-refractivity contribution is 5.93. The third kappa shape index (κ3) is 3.15. The molecule has 9 heteroatoms. The molecule has 0 saturated carbocycles. The molecule has 0 bridgehead atoms. The first-order valence-corrected chi connectivity index (χ1v) is 8.45. The number of phenols is 2. The van der Waals surface area contributed by atoms with Crippen molar-refractivity contribution in [1.82, 2.24) is 19.6 Å². The highest BCUT2D eigenvalue weighted by atomic mass is 16.3. The Labute approximate surface area is 154 Å². The molecule has 0 atom stereocenters. The van der Waals surface area contributed by atoms with Crippen molar-refractivity contribution in [2.24, 2.45) is 5.73 Å². The van der Waals surface area contributed by atoms with Gasteiger partial charge < -0.3 is 27.0 Å². The van der Waals surface area contributed by atoms with Gasteiger partial charge >= 0.3 is 0 Å². The third-order valence-electron chi connectivity index (χ3n) is 4.23. The van der Waals surface area contributed by atoms with Crippen LogP contribution >= 0.6 is 0 Å². The predicted molar refractivity (Wildman–Crippen MR) is 103 cm³/mol. The van der Waals surface area contributed by atoms with Crippen molar-refractivity contribution in [3.05, 3.63) is 47.8 Å². The summed E-state index contributed by atoms with van der Waals surface area (Å²) in [7, 11) is 0. The predicted octanol–water partition coefficient (Wildman–Crippen LogP) is 1.23. The van der Waals surface area contributed by atoms with Crippen molar-refractivity contribution in [2.75, 3.05) is 24.1 Å². The summed E-state index contributed by atoms with van der Waals surface area (Å²) in [5.41, 5.74) is 14.4. The second kappa shape index (κ2) is 6.61. The number of rotatable bonds is 5. The molecule has 0 saturated heterocycles. The van der Waals surface area contributed by atoms with E-state index >= 15 is 0 Å². The van der Waals surface area contributed by atoms with Crippen LogP contribution in [-0.2, 0) is 6.42 Å². The maximum Gasteiger partial charge on any atom is 0.240 e. The zero-order valence-corrected chi connectivity index (χ0v) is 14.4. The lowest BCUT2D eigenvalue weighted by atomic mass is 10.1. The number of anilines is 2. The Morgan fingerprint density at radius 3 is 2.67 bits per heavy atom. The molecule has 0 aliphatic rings. The molecule has 27 heavy (non-hydrogen) atoms. The number of hydrogen-bond acceptors (Lipinski definition) is 8. The first-order chi connectivity index (χ1) is 13.0. The molecule has 0 spiro atoms. The van der Waals surface area contributed by atoms with E-state index in [4.69, 9.17) is 16.5 Å². The smallest absolute Gasteiger partial charge is 0.240 e. The normalized spacial score (nSPS) is 11.3. The van der Waals surface area contributed by atoms with Crippen LogP contribution in [0.4, 0.5) is 11.6 Å². The largest absolute Gasteiger partial charge is 0.504 e. The average molecular weight is 365 g/mol. The van der Waals surface area contributed by atoms with E-state index in [1.54, 1.807) is 10.6 Å². The lowest BCUT2D eigenvalue weighted by molar-refractivity contribution is 0.403. The molecule has 4 aromatic rings. The van der Waals surface area contributed by atoms with Gasteiger partial charge in [-0.2, -0.15) is 9.50 Å². The third-order valence-corrected chi connectivity index (χ3v) is 4.23. The number of nitrogens with two attached hydrogens (primary N) is 2. The lowest BCUT2D eigenvalue weighted by Gasteiger charge is -2.10. The molecular weight excluding hydrogens is 346 g/mol. The molecule has 9 nitrogen and oxygen atoms in total. The summed E-state index contributed by atoms with van der Waals surface area (Å²) in [4.78, 5) is 9.05. The van der Waals surface area contributed by atoms with Crippen LogP contribution in [0.2, 0.25) is 0 Å². The topological polar surface area (TPSA) is 148 Å². The number of nitrogen functional groups attached to an aromatic ring is 1. The molecule has 2 heterocycles. The van der Waals surface area contributed by atoms with E-state index in [9.17, 15) is 10.2 Å². The van der Waals surface area contributed by atoms with E-state index in [0.29, 0.717) is 31.0 Å². The minimum Gasteiger partial charge on any atom is -0.504 e. The monoisotopic (exact) mass is 365 g/mol. The number of fused-ring (bicyclic) bond motifs is 3. The summed E-state index contributed by atoms with van der Waals surface area (Å²) in [6.07, 6.45) is 0.379. The van der Waals surface area contributed by atoms with Gasteiger partial charge in [0.2, 0.25) is 5.95 Å². The van der Waals surface area contributed by atoms with Crippen LogP contribution in [-0.4, -0.2) is 42.9 Å². The van der Waals surface area contributed by atoms with Gasteiger partial charge in [-0.1, -0.05) is 6.07 Å². The van der Waals surface area contributed by atoms with Gasteiger partial charge in [-0.3, -0.25) is 0 Å². The van der Waals surface area contributed by atoms with Gasteiger partial charge in [0, 0.05) is 30.6 Å². The van der Waals surface area contributed by atoms with Crippen LogP contribution in [0.1, 0.15) is 11.4 Å². The van der Waals surface area contributed by atoms with Crippen molar-refractivity contribution in [1.29, 1.82) is 0 Å². The second-order valence-corrected chi connectivity index (χ2v) is 6.18. The van der Waals surface area contributed by atoms with Gasteiger partial charge in [-0.25, -0.2) is 4.98 Å². The van der Waals surface area contributed by atoms with Crippen molar-refractivity contribution < 1.29 is 10.2 Å². The molecule has 0 fully saturated rings. The fourth-order valence-electron chi connectivity index (χ4n) is 2.98. The zero-order valence-electron chi connectivity index (χ0n) is 14.4. The lowest BCUT2D eigenvalue weighted by Crippen LogP contribution is -2.13. The van der Waals surface area contributed by atoms with Gasteiger partial charge in [0.25, 0.3) is 0 Å². The molecule has 138 valence electrons. The first kappa shape index (κ1) is 16.9. The summed E-state index contributed by atoms with van der Waals surface area (Å²) < 4.78 is 1.61. The average Bonchev–Trinajstić information content (AvgIpc) is 3.05. The summed E-state index contributed by atoms with van der Waals surface area (Å²) in [5.74, 6) is 0.416. The number of phenolic OH excluding ortho intramolecular Hbond substituents is 2. The number of benzene rings is 2. The van der Waals surface area contributed by atoms with Crippen LogP contribution in [0.15, 0.2) is 36.4 Å². The number of aromatic nitrogens is 4. The van der Waals surface area contributed by atoms with Crippen molar-refractivity contribution >= 4 is 28.2 Å². The quantitative estimate of drug-likeness (QED) is 0.332. The molecule has 2 aromatic carbocycles. The zero-order chi connectivity index (χ0) is 19.0. The van der Waals surface area contributed by atoms with Crippen LogP contribution < -0.4 is 16.8 Å². The minimum atomic E-state index is -0.184. The summed E-state index contributed by atoms with van der Waals surface area (Å²) in [5, 5.41) is 27.6. The molecule has 2 aromatic heterocycles. The summed E-state index contributed by atoms with van der Waals surface area (Å²) >= 11 is 0. The van der Waals surface area contributed by atoms with Crippen molar-refractivity contribution in [3.8, 4) is 11.5 Å². The molecule has 0 unspecified atom stereocenters. The van der Waals surface area contributed by atoms with E-state index in [0.717, 1.165) is 22.2 Å². The molecule has 0 aliphatic carbocycles. The first-order valence-electron chi connectivity index (χ1n) is 8.45. The molecule has 7 N–H and O–H groups in total. The molecular formula is C18H19N7O2. The van der Waals surface area contributed by atoms with Gasteiger partial charge in [-0.05, 0) is 35.9 Å². The summed E-state index contributed by atoms with van der Waals surface area (Å²) in [6, 6.07) is 10.4. The Morgan fingerprint density at radius 2 is 1.89 bits per heavy atom. The number of nitrogens with one attached hydrogen (secondary N) is 1. The SMILES string of the molecule is NCCNc1ccc2c(c1)nc(Cc1ccc(O)c(O)c1)n1nc(N)nc21. The van der Waals surface area contributed by atoms with Gasteiger partial charge in [0.15, 0.2) is 17.1 Å². The highest BCUT2D eigenvalue weighted by Gasteiger charge is 2.14. The Morgan fingerprint density at radius 1 is 1.04 bits per heavy atom. The van der Waals surface area contributed by atoms with Crippen LogP contribution in [0.3, 0.4) is 0 Å². The highest BCUT2D eigenvalue weighted by Crippen LogP contribution is 2.27. The van der Waals surface area contributed by atoms with Crippen molar-refractivity contribution in [3.63, 3.8) is 0 Å². The number of nitrogens with zero attached hydrogens (tertiary/aromatic N) is 4. The van der Waals surface area contributed by atoms with Gasteiger partial charge in [0.05, 0.1) is 5.52 Å². The number of aromatic hydroxyl groups is 2. The van der Waals surface area contributed by atoms with E-state index in [2.05, 4.69) is 15.4 Å². The maximum atomic E-state index is 9.74. The van der Waals surface area contributed by atoms with Crippen molar-refractivity contribution in [2.45, 2.75) is 6.42 Å². The molecule has 0 amide bonds. The molecule has 0 radical (unpaired) electrons. The standard InChI is InChI=1S/C18H19N7O2/c19-5-6-21-11-2-3-12-13(9-11)22-16(25-17(12)23-18(20)24-25)8-10-1-4-14(26)15(27)7-10/h1-4,7,9,21,26-27H,5-6,8,19H2,(H2,20,24). The van der Waals surface area contributed by atoms with Crippen LogP contribution in [0.5, 0.6) is 11.5 Å². The minimum absolute atomic E-state index is 0.157. The van der Waals surface area contributed by atoms with Crippen LogP contribution in [0.25, 0.3) is 16.6 Å². The van der Waals surface area contributed by atoms with E-state index in [1.807, 2.05) is 18.2 Å². The molecule has 0 aliphatic heterocycles. The van der Waals surface area contributed by atoms with E-state index < -0.39 is 0 Å². The fraction of sp³-hybridized carbons (Fsp3) is 0.167. The Kier molecular flexibility index (Phi) is 4.13. The van der Waals surface area contributed by atoms with E-state index in [-0.39, 0.29) is 17.4 Å². The number of hydrogen-bond donors (Lipinski definition) is 5. The van der Waals surface area contributed by atoms with E-state index in [1.165, 1.54) is 12.1 Å².